The van der Waals surface area contributed by atoms with E-state index in [9.17, 15) is 4.39 Å². The maximum atomic E-state index is 13.9. The van der Waals surface area contributed by atoms with E-state index < -0.39 is 0 Å². The van der Waals surface area contributed by atoms with Crippen LogP contribution in [-0.2, 0) is 5.41 Å². The lowest BCUT2D eigenvalue weighted by atomic mass is 9.69. The molecule has 1 fully saturated rings. The zero-order valence-corrected chi connectivity index (χ0v) is 10.8. The van der Waals surface area contributed by atoms with E-state index in [-0.39, 0.29) is 11.2 Å². The first-order chi connectivity index (χ1) is 8.18. The maximum absolute atomic E-state index is 13.9. The van der Waals surface area contributed by atoms with Crippen molar-refractivity contribution in [2.24, 2.45) is 5.92 Å². The van der Waals surface area contributed by atoms with Crippen LogP contribution in [0.3, 0.4) is 0 Å². The van der Waals surface area contributed by atoms with Crippen molar-refractivity contribution in [2.75, 3.05) is 13.1 Å². The van der Waals surface area contributed by atoms with Crippen LogP contribution < -0.4 is 5.32 Å². The molecule has 0 saturated carbocycles. The van der Waals surface area contributed by atoms with Crippen molar-refractivity contribution in [1.29, 1.82) is 0 Å². The SMILES string of the molecule is CCCC(C)CC1(c2ccccc2F)CNC1. The third-order valence-electron chi connectivity index (χ3n) is 3.89. The van der Waals surface area contributed by atoms with Crippen LogP contribution in [0.15, 0.2) is 24.3 Å². The number of rotatable bonds is 5. The summed E-state index contributed by atoms with van der Waals surface area (Å²) in [7, 11) is 0. The summed E-state index contributed by atoms with van der Waals surface area (Å²) in [6.45, 7) is 6.33. The lowest BCUT2D eigenvalue weighted by molar-refractivity contribution is 0.212. The highest BCUT2D eigenvalue weighted by molar-refractivity contribution is 5.31. The number of hydrogen-bond donors (Lipinski definition) is 1. The van der Waals surface area contributed by atoms with E-state index in [4.69, 9.17) is 0 Å². The second kappa shape index (κ2) is 5.18. The summed E-state index contributed by atoms with van der Waals surface area (Å²) in [5.41, 5.74) is 0.946. The molecule has 1 saturated heterocycles. The van der Waals surface area contributed by atoms with Gasteiger partial charge in [0, 0.05) is 18.5 Å². The molecule has 1 atom stereocenters. The standard InChI is InChI=1S/C15H22FN/c1-3-6-12(2)9-15(10-17-11-15)13-7-4-5-8-14(13)16/h4-5,7-8,12,17H,3,6,9-11H2,1-2H3. The van der Waals surface area contributed by atoms with Gasteiger partial charge in [0.1, 0.15) is 5.82 Å². The average molecular weight is 235 g/mol. The van der Waals surface area contributed by atoms with Crippen LogP contribution in [0.1, 0.15) is 38.7 Å². The van der Waals surface area contributed by atoms with Gasteiger partial charge in [-0.15, -0.1) is 0 Å². The van der Waals surface area contributed by atoms with Crippen molar-refractivity contribution < 1.29 is 4.39 Å². The molecule has 0 radical (unpaired) electrons. The van der Waals surface area contributed by atoms with E-state index in [1.807, 2.05) is 12.1 Å². The highest BCUT2D eigenvalue weighted by Crippen LogP contribution is 2.37. The molecule has 17 heavy (non-hydrogen) atoms. The van der Waals surface area contributed by atoms with E-state index in [1.165, 1.54) is 12.8 Å². The third-order valence-corrected chi connectivity index (χ3v) is 3.89. The Balaban J connectivity index is 2.17. The van der Waals surface area contributed by atoms with E-state index in [0.29, 0.717) is 5.92 Å². The molecular formula is C15H22FN. The van der Waals surface area contributed by atoms with E-state index in [0.717, 1.165) is 25.1 Å². The summed E-state index contributed by atoms with van der Waals surface area (Å²) in [5, 5.41) is 3.31. The second-order valence-corrected chi connectivity index (χ2v) is 5.46. The van der Waals surface area contributed by atoms with Crippen LogP contribution in [0.25, 0.3) is 0 Å². The van der Waals surface area contributed by atoms with Gasteiger partial charge in [0.25, 0.3) is 0 Å². The van der Waals surface area contributed by atoms with Crippen LogP contribution in [0.5, 0.6) is 0 Å². The van der Waals surface area contributed by atoms with Crippen molar-refractivity contribution in [3.63, 3.8) is 0 Å². The first-order valence-electron chi connectivity index (χ1n) is 6.64. The van der Waals surface area contributed by atoms with E-state index in [1.54, 1.807) is 12.1 Å². The van der Waals surface area contributed by atoms with Gasteiger partial charge in [0.05, 0.1) is 0 Å². The zero-order valence-electron chi connectivity index (χ0n) is 10.8. The molecule has 94 valence electrons. The Kier molecular flexibility index (Phi) is 3.82. The number of benzene rings is 1. The van der Waals surface area contributed by atoms with Crippen molar-refractivity contribution in [3.05, 3.63) is 35.6 Å². The molecule has 1 nitrogen and oxygen atoms in total. The summed E-state index contributed by atoms with van der Waals surface area (Å²) in [6.07, 6.45) is 3.53. The molecule has 1 aromatic rings. The Bertz CT molecular complexity index is 371. The lowest BCUT2D eigenvalue weighted by Gasteiger charge is -2.45. The van der Waals surface area contributed by atoms with Crippen LogP contribution in [0, 0.1) is 11.7 Å². The topological polar surface area (TPSA) is 12.0 Å². The first kappa shape index (κ1) is 12.6. The average Bonchev–Trinajstić information content (AvgIpc) is 2.25. The fraction of sp³-hybridized carbons (Fsp3) is 0.600. The van der Waals surface area contributed by atoms with Gasteiger partial charge in [-0.25, -0.2) is 4.39 Å². The molecule has 1 N–H and O–H groups in total. The Morgan fingerprint density at radius 2 is 2.06 bits per heavy atom. The zero-order chi connectivity index (χ0) is 12.3. The van der Waals surface area contributed by atoms with Crippen molar-refractivity contribution in [1.82, 2.24) is 5.32 Å². The molecule has 0 bridgehead atoms. The van der Waals surface area contributed by atoms with E-state index in [2.05, 4.69) is 19.2 Å². The van der Waals surface area contributed by atoms with E-state index >= 15 is 0 Å². The molecule has 0 aromatic heterocycles. The monoisotopic (exact) mass is 235 g/mol. The van der Waals surface area contributed by atoms with Gasteiger partial charge < -0.3 is 5.32 Å². The summed E-state index contributed by atoms with van der Waals surface area (Å²) >= 11 is 0. The molecule has 0 aliphatic carbocycles. The quantitative estimate of drug-likeness (QED) is 0.823. The molecule has 1 aliphatic rings. The summed E-state index contributed by atoms with van der Waals surface area (Å²) in [5.74, 6) is 0.624. The Morgan fingerprint density at radius 1 is 1.35 bits per heavy atom. The molecule has 1 heterocycles. The van der Waals surface area contributed by atoms with Gasteiger partial charge in [-0.05, 0) is 24.0 Å². The highest BCUT2D eigenvalue weighted by Gasteiger charge is 2.41. The minimum absolute atomic E-state index is 0.0416. The van der Waals surface area contributed by atoms with Gasteiger partial charge in [0.15, 0.2) is 0 Å². The van der Waals surface area contributed by atoms with Crippen molar-refractivity contribution >= 4 is 0 Å². The van der Waals surface area contributed by atoms with Gasteiger partial charge >= 0.3 is 0 Å². The smallest absolute Gasteiger partial charge is 0.127 e. The van der Waals surface area contributed by atoms with Crippen molar-refractivity contribution in [3.8, 4) is 0 Å². The maximum Gasteiger partial charge on any atom is 0.127 e. The van der Waals surface area contributed by atoms with Crippen LogP contribution >= 0.6 is 0 Å². The summed E-state index contributed by atoms with van der Waals surface area (Å²) < 4.78 is 13.9. The summed E-state index contributed by atoms with van der Waals surface area (Å²) in [6, 6.07) is 7.26. The normalized spacial score (nSPS) is 19.7. The highest BCUT2D eigenvalue weighted by atomic mass is 19.1. The molecule has 0 spiro atoms. The largest absolute Gasteiger partial charge is 0.315 e. The van der Waals surface area contributed by atoms with Crippen LogP contribution in [0.4, 0.5) is 4.39 Å². The third kappa shape index (κ3) is 2.52. The minimum atomic E-state index is -0.0438. The Labute approximate surface area is 103 Å². The molecule has 1 aromatic carbocycles. The second-order valence-electron chi connectivity index (χ2n) is 5.46. The Morgan fingerprint density at radius 3 is 2.59 bits per heavy atom. The number of nitrogens with one attached hydrogen (secondary N) is 1. The van der Waals surface area contributed by atoms with Gasteiger partial charge in [0.2, 0.25) is 0 Å². The minimum Gasteiger partial charge on any atom is -0.315 e. The number of hydrogen-bond acceptors (Lipinski definition) is 1. The molecule has 1 unspecified atom stereocenters. The molecular weight excluding hydrogens is 213 g/mol. The Hall–Kier alpha value is -0.890. The summed E-state index contributed by atoms with van der Waals surface area (Å²) in [4.78, 5) is 0. The van der Waals surface area contributed by atoms with Crippen molar-refractivity contribution in [2.45, 2.75) is 38.5 Å². The number of halogens is 1. The van der Waals surface area contributed by atoms with Gasteiger partial charge in [-0.1, -0.05) is 44.9 Å². The molecule has 1 aliphatic heterocycles. The van der Waals surface area contributed by atoms with Gasteiger partial charge in [-0.3, -0.25) is 0 Å². The van der Waals surface area contributed by atoms with Crippen LogP contribution in [-0.4, -0.2) is 13.1 Å². The fourth-order valence-electron chi connectivity index (χ4n) is 3.02. The first-order valence-corrected chi connectivity index (χ1v) is 6.64. The molecule has 2 heteroatoms. The van der Waals surface area contributed by atoms with Gasteiger partial charge in [-0.2, -0.15) is 0 Å². The lowest BCUT2D eigenvalue weighted by Crippen LogP contribution is -2.57. The molecule has 0 amide bonds. The fourth-order valence-corrected chi connectivity index (χ4v) is 3.02. The van der Waals surface area contributed by atoms with Crippen LogP contribution in [0.2, 0.25) is 0 Å². The molecule has 2 rings (SSSR count). The predicted molar refractivity (Wildman–Crippen MR) is 69.6 cm³/mol. The predicted octanol–water partition coefficient (Wildman–Crippen LogP) is 3.49.